The van der Waals surface area contributed by atoms with E-state index < -0.39 is 27.2 Å². The molecule has 3 rings (SSSR count). The van der Waals surface area contributed by atoms with Gasteiger partial charge in [-0.25, -0.2) is 4.68 Å². The first kappa shape index (κ1) is 18.5. The molecule has 1 aromatic carbocycles. The van der Waals surface area contributed by atoms with E-state index in [1.54, 1.807) is 4.68 Å². The standard InChI is InChI=1S/C16H17ClN4O4S/c1-16(2,3)20-14(11-7-26(25)8-13(11)19-20)18-15(22)10-6-9(21(23)24)4-5-12(10)17/h4-6H,7-8H2,1-3H3,(H,18,22)/t26-/m0/s1. The zero-order chi connectivity index (χ0) is 19.2. The molecule has 0 saturated heterocycles. The Morgan fingerprint density at radius 1 is 1.38 bits per heavy atom. The maximum absolute atomic E-state index is 12.7. The normalized spacial score (nSPS) is 16.4. The van der Waals surface area contributed by atoms with Gasteiger partial charge in [-0.05, 0) is 26.8 Å². The summed E-state index contributed by atoms with van der Waals surface area (Å²) in [6.45, 7) is 5.80. The number of fused-ring (bicyclic) bond motifs is 1. The third kappa shape index (κ3) is 3.36. The number of non-ortho nitro benzene ring substituents is 1. The highest BCUT2D eigenvalue weighted by molar-refractivity contribution is 7.83. The highest BCUT2D eigenvalue weighted by atomic mass is 35.5. The van der Waals surface area contributed by atoms with Crippen molar-refractivity contribution in [3.05, 3.63) is 50.2 Å². The van der Waals surface area contributed by atoms with E-state index in [1.165, 1.54) is 12.1 Å². The first-order valence-electron chi connectivity index (χ1n) is 7.79. The van der Waals surface area contributed by atoms with Gasteiger partial charge >= 0.3 is 0 Å². The van der Waals surface area contributed by atoms with Gasteiger partial charge in [0, 0.05) is 28.5 Å². The van der Waals surface area contributed by atoms with Crippen molar-refractivity contribution in [1.82, 2.24) is 9.78 Å². The molecule has 8 nitrogen and oxygen atoms in total. The van der Waals surface area contributed by atoms with Crippen molar-refractivity contribution >= 4 is 39.8 Å². The Bertz CT molecular complexity index is 948. The number of halogens is 1. The fourth-order valence-electron chi connectivity index (χ4n) is 2.72. The molecule has 10 heteroatoms. The highest BCUT2D eigenvalue weighted by Crippen LogP contribution is 2.33. The Labute approximate surface area is 157 Å². The molecule has 0 spiro atoms. The van der Waals surface area contributed by atoms with Crippen molar-refractivity contribution in [1.29, 1.82) is 0 Å². The van der Waals surface area contributed by atoms with Crippen LogP contribution in [0.3, 0.4) is 0 Å². The van der Waals surface area contributed by atoms with Crippen LogP contribution in [0.15, 0.2) is 18.2 Å². The van der Waals surface area contributed by atoms with Gasteiger partial charge in [0.2, 0.25) is 0 Å². The van der Waals surface area contributed by atoms with Crippen molar-refractivity contribution in [3.8, 4) is 0 Å². The summed E-state index contributed by atoms with van der Waals surface area (Å²) in [6, 6.07) is 3.68. The number of nitro groups is 1. The summed E-state index contributed by atoms with van der Waals surface area (Å²) in [5, 5.41) is 18.3. The number of anilines is 1. The van der Waals surface area contributed by atoms with Gasteiger partial charge in [-0.15, -0.1) is 0 Å². The predicted octanol–water partition coefficient (Wildman–Crippen LogP) is 3.21. The molecule has 0 bridgehead atoms. The van der Waals surface area contributed by atoms with Gasteiger partial charge in [0.05, 0.1) is 38.2 Å². The van der Waals surface area contributed by atoms with Crippen LogP contribution in [-0.2, 0) is 27.8 Å². The van der Waals surface area contributed by atoms with Crippen molar-refractivity contribution in [2.45, 2.75) is 37.8 Å². The number of nitrogens with zero attached hydrogens (tertiary/aromatic N) is 3. The number of rotatable bonds is 3. The van der Waals surface area contributed by atoms with Crippen LogP contribution in [-0.4, -0.2) is 24.8 Å². The Morgan fingerprint density at radius 3 is 2.69 bits per heavy atom. The van der Waals surface area contributed by atoms with E-state index in [9.17, 15) is 19.1 Å². The van der Waals surface area contributed by atoms with E-state index in [2.05, 4.69) is 10.4 Å². The van der Waals surface area contributed by atoms with Crippen LogP contribution in [0.2, 0.25) is 5.02 Å². The molecule has 2 heterocycles. The molecule has 1 aliphatic heterocycles. The smallest absolute Gasteiger partial charge is 0.270 e. The van der Waals surface area contributed by atoms with Gasteiger partial charge in [-0.1, -0.05) is 11.6 Å². The summed E-state index contributed by atoms with van der Waals surface area (Å²) in [5.74, 6) is 0.526. The van der Waals surface area contributed by atoms with Crippen molar-refractivity contribution in [3.63, 3.8) is 0 Å². The molecule has 138 valence electrons. The van der Waals surface area contributed by atoms with Gasteiger partial charge in [0.25, 0.3) is 11.6 Å². The molecule has 1 atom stereocenters. The maximum atomic E-state index is 12.7. The molecule has 1 aromatic heterocycles. The van der Waals surface area contributed by atoms with Crippen LogP contribution >= 0.6 is 11.6 Å². The largest absolute Gasteiger partial charge is 0.306 e. The SMILES string of the molecule is CC(C)(C)n1nc2c(c1NC(=O)c1cc([N+](=O)[O-])ccc1Cl)C[S@](=O)C2. The molecule has 1 amide bonds. The van der Waals surface area contributed by atoms with E-state index in [-0.39, 0.29) is 16.3 Å². The molecule has 0 radical (unpaired) electrons. The number of carbonyl (C=O) groups excluding carboxylic acids is 1. The van der Waals surface area contributed by atoms with E-state index in [0.717, 1.165) is 11.6 Å². The molecule has 1 N–H and O–H groups in total. The quantitative estimate of drug-likeness (QED) is 0.633. The second-order valence-electron chi connectivity index (χ2n) is 6.96. The number of benzene rings is 1. The second-order valence-corrected chi connectivity index (χ2v) is 8.82. The Balaban J connectivity index is 2.02. The van der Waals surface area contributed by atoms with E-state index in [4.69, 9.17) is 11.6 Å². The van der Waals surface area contributed by atoms with Crippen LogP contribution < -0.4 is 5.32 Å². The average molecular weight is 397 g/mol. The zero-order valence-electron chi connectivity index (χ0n) is 14.4. The molecule has 0 fully saturated rings. The summed E-state index contributed by atoms with van der Waals surface area (Å²) in [5.41, 5.74) is 0.776. The number of amides is 1. The van der Waals surface area contributed by atoms with Gasteiger partial charge in [0.15, 0.2) is 0 Å². The lowest BCUT2D eigenvalue weighted by Crippen LogP contribution is -2.27. The lowest BCUT2D eigenvalue weighted by Gasteiger charge is -2.23. The Kier molecular flexibility index (Phi) is 4.61. The van der Waals surface area contributed by atoms with Crippen LogP contribution in [0, 0.1) is 10.1 Å². The maximum Gasteiger partial charge on any atom is 0.270 e. The number of nitrogens with one attached hydrogen (secondary N) is 1. The molecule has 0 aliphatic carbocycles. The number of nitro benzene ring substituents is 1. The summed E-state index contributed by atoms with van der Waals surface area (Å²) in [4.78, 5) is 23.1. The second kappa shape index (κ2) is 6.48. The predicted molar refractivity (Wildman–Crippen MR) is 98.8 cm³/mol. The lowest BCUT2D eigenvalue weighted by molar-refractivity contribution is -0.384. The minimum Gasteiger partial charge on any atom is -0.306 e. The highest BCUT2D eigenvalue weighted by Gasteiger charge is 2.32. The van der Waals surface area contributed by atoms with Crippen LogP contribution in [0.5, 0.6) is 0 Å². The fourth-order valence-corrected chi connectivity index (χ4v) is 4.18. The monoisotopic (exact) mass is 396 g/mol. The average Bonchev–Trinajstić information content (AvgIpc) is 3.04. The van der Waals surface area contributed by atoms with Gasteiger partial charge in [-0.2, -0.15) is 5.10 Å². The van der Waals surface area contributed by atoms with E-state index in [1.807, 2.05) is 20.8 Å². The van der Waals surface area contributed by atoms with Crippen LogP contribution in [0.4, 0.5) is 11.5 Å². The van der Waals surface area contributed by atoms with E-state index in [0.29, 0.717) is 23.0 Å². The molecule has 0 saturated carbocycles. The molecular weight excluding hydrogens is 380 g/mol. The number of aromatic nitrogens is 2. The summed E-state index contributed by atoms with van der Waals surface area (Å²) >= 11 is 6.05. The molecular formula is C16H17ClN4O4S. The number of hydrogen-bond donors (Lipinski definition) is 1. The fraction of sp³-hybridized carbons (Fsp3) is 0.375. The molecule has 2 aromatic rings. The van der Waals surface area contributed by atoms with Crippen LogP contribution in [0.1, 0.15) is 42.4 Å². The first-order chi connectivity index (χ1) is 12.1. The lowest BCUT2D eigenvalue weighted by atomic mass is 10.1. The van der Waals surface area contributed by atoms with Crippen molar-refractivity contribution in [2.24, 2.45) is 0 Å². The minimum atomic E-state index is -1.05. The van der Waals surface area contributed by atoms with Crippen LogP contribution in [0.25, 0.3) is 0 Å². The minimum absolute atomic E-state index is 0.00426. The van der Waals surface area contributed by atoms with E-state index >= 15 is 0 Å². The third-order valence-electron chi connectivity index (χ3n) is 3.94. The zero-order valence-corrected chi connectivity index (χ0v) is 16.0. The third-order valence-corrected chi connectivity index (χ3v) is 5.48. The Morgan fingerprint density at radius 2 is 2.08 bits per heavy atom. The van der Waals surface area contributed by atoms with Gasteiger partial charge in [0.1, 0.15) is 5.82 Å². The molecule has 26 heavy (non-hydrogen) atoms. The topological polar surface area (TPSA) is 107 Å². The van der Waals surface area contributed by atoms with Gasteiger partial charge < -0.3 is 5.32 Å². The summed E-state index contributed by atoms with van der Waals surface area (Å²) < 4.78 is 13.5. The summed E-state index contributed by atoms with van der Waals surface area (Å²) in [7, 11) is -1.05. The van der Waals surface area contributed by atoms with Crippen molar-refractivity contribution < 1.29 is 13.9 Å². The summed E-state index contributed by atoms with van der Waals surface area (Å²) in [6.07, 6.45) is 0. The molecule has 0 unspecified atom stereocenters. The Hall–Kier alpha value is -2.26. The number of hydrogen-bond acceptors (Lipinski definition) is 5. The number of carbonyl (C=O) groups is 1. The first-order valence-corrected chi connectivity index (χ1v) is 9.66. The van der Waals surface area contributed by atoms with Crippen molar-refractivity contribution in [2.75, 3.05) is 5.32 Å². The van der Waals surface area contributed by atoms with Gasteiger partial charge in [-0.3, -0.25) is 19.1 Å². The molecule has 1 aliphatic rings.